The zero-order valence-electron chi connectivity index (χ0n) is 17.8. The number of hydrogen-bond acceptors (Lipinski definition) is 5. The Kier molecular flexibility index (Phi) is 5.81. The molecule has 8 heteroatoms. The van der Waals surface area contributed by atoms with E-state index < -0.39 is 0 Å². The summed E-state index contributed by atoms with van der Waals surface area (Å²) in [7, 11) is 0. The van der Waals surface area contributed by atoms with Crippen LogP contribution in [0.1, 0.15) is 23.0 Å². The Labute approximate surface area is 201 Å². The van der Waals surface area contributed by atoms with Crippen molar-refractivity contribution in [2.45, 2.75) is 13.5 Å². The normalized spacial score (nSPS) is 15.3. The molecule has 0 spiro atoms. The third-order valence-electron chi connectivity index (χ3n) is 5.46. The van der Waals surface area contributed by atoms with E-state index in [1.165, 1.54) is 0 Å². The van der Waals surface area contributed by atoms with Crippen molar-refractivity contribution >= 4 is 40.5 Å². The molecule has 0 radical (unpaired) electrons. The standard InChI is InChI=1S/C25H20Cl2N4O2/c1-16-23(25(32)30-13-5-6-18(30)15-33-19-7-3-2-4-8-19)24(31-22(29-16)11-12-28-31)17-9-10-20(26)21(27)14-17/h2-11,13-14,28H,12,15H2,1H3. The summed E-state index contributed by atoms with van der Waals surface area (Å²) in [5.74, 6) is 1.27. The highest BCUT2D eigenvalue weighted by Crippen LogP contribution is 2.36. The van der Waals surface area contributed by atoms with Gasteiger partial charge in [-0.05, 0) is 49.4 Å². The van der Waals surface area contributed by atoms with Crippen molar-refractivity contribution in [3.05, 3.63) is 106 Å². The fourth-order valence-electron chi connectivity index (χ4n) is 3.90. The zero-order valence-corrected chi connectivity index (χ0v) is 19.3. The van der Waals surface area contributed by atoms with Gasteiger partial charge in [-0.3, -0.25) is 14.4 Å². The first-order valence-electron chi connectivity index (χ1n) is 10.4. The van der Waals surface area contributed by atoms with Crippen LogP contribution in [-0.4, -0.2) is 27.7 Å². The first kappa shape index (κ1) is 21.5. The van der Waals surface area contributed by atoms with Crippen LogP contribution in [0.15, 0.2) is 89.3 Å². The second-order valence-corrected chi connectivity index (χ2v) is 8.40. The molecule has 33 heavy (non-hydrogen) atoms. The van der Waals surface area contributed by atoms with Crippen molar-refractivity contribution in [1.29, 1.82) is 0 Å². The van der Waals surface area contributed by atoms with Gasteiger partial charge >= 0.3 is 0 Å². The summed E-state index contributed by atoms with van der Waals surface area (Å²) in [5.41, 5.74) is 6.53. The number of halogens is 2. The summed E-state index contributed by atoms with van der Waals surface area (Å²) in [6.07, 6.45) is 3.71. The number of hydrazine groups is 1. The van der Waals surface area contributed by atoms with E-state index in [9.17, 15) is 4.79 Å². The van der Waals surface area contributed by atoms with Crippen molar-refractivity contribution < 1.29 is 9.53 Å². The monoisotopic (exact) mass is 478 g/mol. The molecule has 0 saturated heterocycles. The predicted molar refractivity (Wildman–Crippen MR) is 130 cm³/mol. The molecule has 2 aromatic carbocycles. The molecular formula is C25H20Cl2N4O2. The number of carbonyl (C=O) groups is 1. The number of ether oxygens (including phenoxy) is 1. The molecule has 0 unspecified atom stereocenters. The lowest BCUT2D eigenvalue weighted by Gasteiger charge is -2.30. The first-order valence-corrected chi connectivity index (χ1v) is 11.2. The van der Waals surface area contributed by atoms with Crippen molar-refractivity contribution in [3.8, 4) is 5.75 Å². The fourth-order valence-corrected chi connectivity index (χ4v) is 4.20. The third kappa shape index (κ3) is 4.09. The van der Waals surface area contributed by atoms with Crippen LogP contribution in [0.2, 0.25) is 10.0 Å². The topological polar surface area (TPSA) is 58.9 Å². The summed E-state index contributed by atoms with van der Waals surface area (Å²) >= 11 is 12.5. The second-order valence-electron chi connectivity index (χ2n) is 7.59. The number of allylic oxidation sites excluding steroid dienone is 1. The van der Waals surface area contributed by atoms with E-state index in [2.05, 4.69) is 10.4 Å². The quantitative estimate of drug-likeness (QED) is 0.521. The number of carbonyl (C=O) groups excluding carboxylic acids is 1. The van der Waals surface area contributed by atoms with Crippen LogP contribution in [0, 0.1) is 0 Å². The van der Waals surface area contributed by atoms with E-state index in [1.54, 1.807) is 22.9 Å². The lowest BCUT2D eigenvalue weighted by atomic mass is 10.00. The predicted octanol–water partition coefficient (Wildman–Crippen LogP) is 5.56. The highest BCUT2D eigenvalue weighted by atomic mass is 35.5. The SMILES string of the molecule is CC1=NC2=CCNN2C(c2ccc(Cl)c(Cl)c2)=C1C(=O)n1cccc1COc1ccccc1. The summed E-state index contributed by atoms with van der Waals surface area (Å²) in [6, 6.07) is 18.5. The molecule has 0 amide bonds. The number of aromatic nitrogens is 1. The minimum absolute atomic E-state index is 0.207. The van der Waals surface area contributed by atoms with Crippen LogP contribution >= 0.6 is 23.2 Å². The molecule has 0 bridgehead atoms. The van der Waals surface area contributed by atoms with Crippen molar-refractivity contribution in [1.82, 2.24) is 15.0 Å². The highest BCUT2D eigenvalue weighted by molar-refractivity contribution is 6.42. The van der Waals surface area contributed by atoms with Crippen LogP contribution < -0.4 is 10.2 Å². The molecule has 3 heterocycles. The lowest BCUT2D eigenvalue weighted by Crippen LogP contribution is -2.36. The Morgan fingerprint density at radius 3 is 2.70 bits per heavy atom. The Morgan fingerprint density at radius 2 is 1.91 bits per heavy atom. The summed E-state index contributed by atoms with van der Waals surface area (Å²) in [6.45, 7) is 2.70. The average molecular weight is 479 g/mol. The minimum atomic E-state index is -0.207. The van der Waals surface area contributed by atoms with Crippen molar-refractivity contribution in [2.75, 3.05) is 6.54 Å². The maximum atomic E-state index is 13.9. The Morgan fingerprint density at radius 1 is 1.09 bits per heavy atom. The van der Waals surface area contributed by atoms with Crippen LogP contribution in [0.25, 0.3) is 5.70 Å². The fraction of sp³-hybridized carbons (Fsp3) is 0.120. The molecule has 6 nitrogen and oxygen atoms in total. The second kappa shape index (κ2) is 8.90. The lowest BCUT2D eigenvalue weighted by molar-refractivity contribution is 0.0953. The molecule has 0 saturated carbocycles. The molecule has 166 valence electrons. The average Bonchev–Trinajstić information content (AvgIpc) is 3.48. The number of aliphatic imine (C=N–C) groups is 1. The molecule has 1 aromatic heterocycles. The van der Waals surface area contributed by atoms with E-state index >= 15 is 0 Å². The van der Waals surface area contributed by atoms with Crippen LogP contribution in [0.5, 0.6) is 5.75 Å². The van der Waals surface area contributed by atoms with Gasteiger partial charge in [0.25, 0.3) is 5.91 Å². The van der Waals surface area contributed by atoms with E-state index in [1.807, 2.05) is 66.5 Å². The van der Waals surface area contributed by atoms with Gasteiger partial charge in [0.2, 0.25) is 0 Å². The Hall–Kier alpha value is -3.32. The van der Waals surface area contributed by atoms with Gasteiger partial charge in [0.1, 0.15) is 18.2 Å². The maximum absolute atomic E-state index is 13.9. The van der Waals surface area contributed by atoms with Crippen molar-refractivity contribution in [3.63, 3.8) is 0 Å². The molecule has 3 aromatic rings. The molecule has 1 N–H and O–H groups in total. The van der Waals surface area contributed by atoms with E-state index in [4.69, 9.17) is 27.9 Å². The number of nitrogens with one attached hydrogen (secondary N) is 1. The van der Waals surface area contributed by atoms with Crippen LogP contribution in [-0.2, 0) is 6.61 Å². The van der Waals surface area contributed by atoms with Gasteiger partial charge in [0.05, 0.1) is 32.7 Å². The van der Waals surface area contributed by atoms with E-state index in [-0.39, 0.29) is 12.5 Å². The molecule has 2 aliphatic heterocycles. The van der Waals surface area contributed by atoms with E-state index in [0.717, 1.165) is 22.8 Å². The van der Waals surface area contributed by atoms with Crippen LogP contribution in [0.3, 0.4) is 0 Å². The number of benzene rings is 2. The number of hydrogen-bond donors (Lipinski definition) is 1. The zero-order chi connectivity index (χ0) is 22.9. The van der Waals surface area contributed by atoms with Crippen LogP contribution in [0.4, 0.5) is 0 Å². The van der Waals surface area contributed by atoms with Gasteiger partial charge in [0.15, 0.2) is 0 Å². The number of para-hydroxylation sites is 1. The van der Waals surface area contributed by atoms with Gasteiger partial charge in [-0.15, -0.1) is 0 Å². The summed E-state index contributed by atoms with van der Waals surface area (Å²) in [4.78, 5) is 18.5. The highest BCUT2D eigenvalue weighted by Gasteiger charge is 2.33. The van der Waals surface area contributed by atoms with Gasteiger partial charge in [-0.25, -0.2) is 10.4 Å². The molecule has 5 rings (SSSR count). The van der Waals surface area contributed by atoms with Gasteiger partial charge in [-0.1, -0.05) is 47.5 Å². The van der Waals surface area contributed by atoms with Crippen molar-refractivity contribution in [2.24, 2.45) is 4.99 Å². The molecule has 0 atom stereocenters. The number of nitrogens with zero attached hydrogens (tertiary/aromatic N) is 3. The maximum Gasteiger partial charge on any atom is 0.266 e. The molecule has 0 aliphatic carbocycles. The number of rotatable bonds is 5. The van der Waals surface area contributed by atoms with Gasteiger partial charge in [0, 0.05) is 18.3 Å². The van der Waals surface area contributed by atoms with Gasteiger partial charge < -0.3 is 4.74 Å². The first-order chi connectivity index (χ1) is 16.0. The smallest absolute Gasteiger partial charge is 0.266 e. The minimum Gasteiger partial charge on any atom is -0.487 e. The summed E-state index contributed by atoms with van der Waals surface area (Å²) in [5, 5.41) is 2.69. The molecular weight excluding hydrogens is 459 g/mol. The van der Waals surface area contributed by atoms with E-state index in [0.29, 0.717) is 33.6 Å². The summed E-state index contributed by atoms with van der Waals surface area (Å²) < 4.78 is 7.48. The Balaban J connectivity index is 1.56. The molecule has 0 fully saturated rings. The number of fused-ring (bicyclic) bond motifs is 1. The third-order valence-corrected chi connectivity index (χ3v) is 6.20. The largest absolute Gasteiger partial charge is 0.487 e. The molecule has 2 aliphatic rings. The van der Waals surface area contributed by atoms with Gasteiger partial charge in [-0.2, -0.15) is 0 Å². The Bertz CT molecular complexity index is 1330.